The van der Waals surface area contributed by atoms with Crippen molar-refractivity contribution in [2.24, 2.45) is 0 Å². The molecule has 1 aromatic carbocycles. The molecule has 76 valence electrons. The van der Waals surface area contributed by atoms with Gasteiger partial charge in [0.05, 0.1) is 0 Å². The summed E-state index contributed by atoms with van der Waals surface area (Å²) >= 11 is 8.30. The molecule has 0 bridgehead atoms. The quantitative estimate of drug-likeness (QED) is 0.669. The third-order valence-electron chi connectivity index (χ3n) is 1.67. The van der Waals surface area contributed by atoms with Crippen molar-refractivity contribution < 1.29 is 9.18 Å². The average Bonchev–Trinajstić information content (AvgIpc) is 2.10. The molecule has 1 N–H and O–H groups in total. The van der Waals surface area contributed by atoms with Crippen LogP contribution in [-0.2, 0) is 6.42 Å². The van der Waals surface area contributed by atoms with Crippen LogP contribution in [0.15, 0.2) is 22.7 Å². The summed E-state index contributed by atoms with van der Waals surface area (Å²) in [6, 6.07) is 4.68. The fourth-order valence-corrected chi connectivity index (χ4v) is 1.53. The Labute approximate surface area is 94.6 Å². The molecule has 0 aliphatic heterocycles. The van der Waals surface area contributed by atoms with Crippen LogP contribution in [0.3, 0.4) is 0 Å². The molecule has 0 atom stereocenters. The number of hydrogen-bond acceptors (Lipinski definition) is 1. The van der Waals surface area contributed by atoms with Gasteiger partial charge in [0.2, 0.25) is 0 Å². The molecular weight excluding hydrogens is 272 g/mol. The predicted molar refractivity (Wildman–Crippen MR) is 57.1 cm³/mol. The third-order valence-corrected chi connectivity index (χ3v) is 2.29. The second-order valence-electron chi connectivity index (χ2n) is 2.69. The molecular formula is C9H8BrClFNO. The van der Waals surface area contributed by atoms with Gasteiger partial charge in [-0.15, -0.1) is 0 Å². The average molecular weight is 281 g/mol. The summed E-state index contributed by atoms with van der Waals surface area (Å²) in [5.74, 6) is -0.281. The Bertz CT molecular complexity index is 346. The fourth-order valence-electron chi connectivity index (χ4n) is 1.03. The standard InChI is InChI=1S/C9H8BrClFNO/c10-7-1-2-8(12)6(5-7)3-4-13-9(11)14/h1-2,5H,3-4H2,(H,13,14). The zero-order valence-corrected chi connectivity index (χ0v) is 9.53. The first kappa shape index (κ1) is 11.5. The number of benzene rings is 1. The highest BCUT2D eigenvalue weighted by atomic mass is 79.9. The first-order valence-electron chi connectivity index (χ1n) is 3.97. The smallest absolute Gasteiger partial charge is 0.313 e. The van der Waals surface area contributed by atoms with Crippen molar-refractivity contribution >= 4 is 32.9 Å². The Balaban J connectivity index is 2.57. The molecule has 0 spiro atoms. The molecule has 0 aliphatic carbocycles. The van der Waals surface area contributed by atoms with Gasteiger partial charge in [-0.3, -0.25) is 4.79 Å². The van der Waals surface area contributed by atoms with Gasteiger partial charge in [0, 0.05) is 11.0 Å². The topological polar surface area (TPSA) is 29.1 Å². The van der Waals surface area contributed by atoms with Gasteiger partial charge in [0.1, 0.15) is 5.82 Å². The lowest BCUT2D eigenvalue weighted by Gasteiger charge is -2.03. The van der Waals surface area contributed by atoms with Crippen molar-refractivity contribution in [2.75, 3.05) is 6.54 Å². The largest absolute Gasteiger partial charge is 0.342 e. The van der Waals surface area contributed by atoms with Gasteiger partial charge in [0.15, 0.2) is 0 Å². The first-order chi connectivity index (χ1) is 6.59. The van der Waals surface area contributed by atoms with Gasteiger partial charge in [-0.05, 0) is 41.8 Å². The molecule has 0 heterocycles. The summed E-state index contributed by atoms with van der Waals surface area (Å²) in [5.41, 5.74) is 0.546. The number of carbonyl (C=O) groups excluding carboxylic acids is 1. The molecule has 2 nitrogen and oxygen atoms in total. The molecule has 0 aliphatic rings. The van der Waals surface area contributed by atoms with E-state index in [0.717, 1.165) is 4.47 Å². The summed E-state index contributed by atoms with van der Waals surface area (Å²) in [6.45, 7) is 0.329. The van der Waals surface area contributed by atoms with Gasteiger partial charge in [-0.2, -0.15) is 0 Å². The van der Waals surface area contributed by atoms with E-state index in [-0.39, 0.29) is 5.82 Å². The molecule has 14 heavy (non-hydrogen) atoms. The van der Waals surface area contributed by atoms with Crippen molar-refractivity contribution in [3.63, 3.8) is 0 Å². The van der Waals surface area contributed by atoms with E-state index < -0.39 is 5.37 Å². The van der Waals surface area contributed by atoms with Gasteiger partial charge < -0.3 is 5.32 Å². The minimum atomic E-state index is -0.625. The van der Waals surface area contributed by atoms with Crippen LogP contribution >= 0.6 is 27.5 Å². The first-order valence-corrected chi connectivity index (χ1v) is 5.14. The second kappa shape index (κ2) is 5.32. The van der Waals surface area contributed by atoms with E-state index in [1.807, 2.05) is 0 Å². The third kappa shape index (κ3) is 3.64. The van der Waals surface area contributed by atoms with Crippen LogP contribution in [0.25, 0.3) is 0 Å². The van der Waals surface area contributed by atoms with Crippen LogP contribution in [-0.4, -0.2) is 11.9 Å². The van der Waals surface area contributed by atoms with Crippen LogP contribution < -0.4 is 5.32 Å². The van der Waals surface area contributed by atoms with Gasteiger partial charge in [0.25, 0.3) is 0 Å². The van der Waals surface area contributed by atoms with Gasteiger partial charge >= 0.3 is 5.37 Å². The van der Waals surface area contributed by atoms with Crippen LogP contribution in [0.4, 0.5) is 9.18 Å². The maximum absolute atomic E-state index is 13.1. The molecule has 1 aromatic rings. The van der Waals surface area contributed by atoms with Crippen molar-refractivity contribution in [3.05, 3.63) is 34.1 Å². The molecule has 0 saturated heterocycles. The van der Waals surface area contributed by atoms with Crippen LogP contribution in [0, 0.1) is 5.82 Å². The molecule has 1 amide bonds. The van der Waals surface area contributed by atoms with E-state index in [4.69, 9.17) is 11.6 Å². The zero-order valence-electron chi connectivity index (χ0n) is 7.19. The molecule has 0 aromatic heterocycles. The zero-order chi connectivity index (χ0) is 10.6. The lowest BCUT2D eigenvalue weighted by atomic mass is 10.1. The summed E-state index contributed by atoms with van der Waals surface area (Å²) in [7, 11) is 0. The SMILES string of the molecule is O=C(Cl)NCCc1cc(Br)ccc1F. The van der Waals surface area contributed by atoms with E-state index in [1.54, 1.807) is 12.1 Å². The molecule has 0 radical (unpaired) electrons. The fraction of sp³-hybridized carbons (Fsp3) is 0.222. The van der Waals surface area contributed by atoms with Crippen molar-refractivity contribution in [2.45, 2.75) is 6.42 Å². The van der Waals surface area contributed by atoms with Crippen molar-refractivity contribution in [3.8, 4) is 0 Å². The van der Waals surface area contributed by atoms with Gasteiger partial charge in [-0.1, -0.05) is 15.9 Å². The van der Waals surface area contributed by atoms with E-state index >= 15 is 0 Å². The molecule has 0 saturated carbocycles. The Morgan fingerprint density at radius 3 is 2.93 bits per heavy atom. The molecule has 0 unspecified atom stereocenters. The highest BCUT2D eigenvalue weighted by Crippen LogP contribution is 2.15. The van der Waals surface area contributed by atoms with E-state index in [1.165, 1.54) is 6.07 Å². The number of carbonyl (C=O) groups is 1. The molecule has 5 heteroatoms. The predicted octanol–water partition coefficient (Wildman–Crippen LogP) is 3.08. The Hall–Kier alpha value is -0.610. The summed E-state index contributed by atoms with van der Waals surface area (Å²) < 4.78 is 13.9. The Morgan fingerprint density at radius 2 is 2.29 bits per heavy atom. The second-order valence-corrected chi connectivity index (χ2v) is 3.95. The number of nitrogens with one attached hydrogen (secondary N) is 1. The Kier molecular flexibility index (Phi) is 4.35. The number of amides is 1. The highest BCUT2D eigenvalue weighted by molar-refractivity contribution is 9.10. The maximum atomic E-state index is 13.1. The number of hydrogen-bond donors (Lipinski definition) is 1. The van der Waals surface area contributed by atoms with E-state index in [9.17, 15) is 9.18 Å². The lowest BCUT2D eigenvalue weighted by Crippen LogP contribution is -2.19. The van der Waals surface area contributed by atoms with Crippen LogP contribution in [0.5, 0.6) is 0 Å². The number of halogens is 3. The summed E-state index contributed by atoms with van der Waals surface area (Å²) in [6.07, 6.45) is 0.420. The lowest BCUT2D eigenvalue weighted by molar-refractivity contribution is 0.260. The van der Waals surface area contributed by atoms with Crippen LogP contribution in [0.1, 0.15) is 5.56 Å². The summed E-state index contributed by atoms with van der Waals surface area (Å²) in [5, 5.41) is 1.76. The highest BCUT2D eigenvalue weighted by Gasteiger charge is 2.02. The normalized spacial score (nSPS) is 9.93. The van der Waals surface area contributed by atoms with Crippen LogP contribution in [0.2, 0.25) is 0 Å². The van der Waals surface area contributed by atoms with E-state index in [0.29, 0.717) is 18.5 Å². The maximum Gasteiger partial charge on any atom is 0.313 e. The Morgan fingerprint density at radius 1 is 1.57 bits per heavy atom. The minimum Gasteiger partial charge on any atom is -0.342 e. The summed E-state index contributed by atoms with van der Waals surface area (Å²) in [4.78, 5) is 10.3. The minimum absolute atomic E-state index is 0.281. The molecule has 0 fully saturated rings. The van der Waals surface area contributed by atoms with E-state index in [2.05, 4.69) is 21.2 Å². The van der Waals surface area contributed by atoms with Gasteiger partial charge in [-0.25, -0.2) is 4.39 Å². The van der Waals surface area contributed by atoms with Crippen molar-refractivity contribution in [1.29, 1.82) is 0 Å². The monoisotopic (exact) mass is 279 g/mol. The number of rotatable bonds is 3. The molecule has 1 rings (SSSR count). The van der Waals surface area contributed by atoms with Crippen molar-refractivity contribution in [1.82, 2.24) is 5.32 Å².